The fourth-order valence-electron chi connectivity index (χ4n) is 1.69. The highest BCUT2D eigenvalue weighted by Crippen LogP contribution is 2.13. The molecule has 0 spiro atoms. The van der Waals surface area contributed by atoms with E-state index in [0.717, 1.165) is 12.8 Å². The van der Waals surface area contributed by atoms with Crippen molar-refractivity contribution >= 4 is 28.7 Å². The first-order valence-electron chi connectivity index (χ1n) is 6.55. The van der Waals surface area contributed by atoms with Crippen molar-refractivity contribution in [2.24, 2.45) is 0 Å². The Morgan fingerprint density at radius 2 is 1.89 bits per heavy atom. The van der Waals surface area contributed by atoms with E-state index in [2.05, 4.69) is 53.0 Å². The molecule has 1 N–H and O–H groups in total. The molecule has 0 fully saturated rings. The second-order valence-corrected chi connectivity index (χ2v) is 6.75. The van der Waals surface area contributed by atoms with Crippen LogP contribution in [0.4, 0.5) is 4.79 Å². The SMILES string of the molecule is CCc1cc(I)cc(CCNC(=O)OC(C)(C)C)c1. The van der Waals surface area contributed by atoms with Gasteiger partial charge in [0, 0.05) is 10.1 Å². The number of rotatable bonds is 4. The number of hydrogen-bond donors (Lipinski definition) is 1. The summed E-state index contributed by atoms with van der Waals surface area (Å²) in [4.78, 5) is 11.5. The molecular formula is C15H22INO2. The summed E-state index contributed by atoms with van der Waals surface area (Å²) in [5.74, 6) is 0. The third-order valence-corrected chi connectivity index (χ3v) is 3.13. The van der Waals surface area contributed by atoms with Crippen LogP contribution in [0.25, 0.3) is 0 Å². The molecule has 3 nitrogen and oxygen atoms in total. The predicted octanol–water partition coefficient (Wildman–Crippen LogP) is 3.92. The van der Waals surface area contributed by atoms with Gasteiger partial charge in [-0.3, -0.25) is 0 Å². The zero-order chi connectivity index (χ0) is 14.5. The molecule has 0 saturated carbocycles. The molecule has 0 radical (unpaired) electrons. The summed E-state index contributed by atoms with van der Waals surface area (Å²) < 4.78 is 6.43. The molecule has 0 saturated heterocycles. The molecule has 0 aliphatic rings. The summed E-state index contributed by atoms with van der Waals surface area (Å²) >= 11 is 2.33. The Hall–Kier alpha value is -0.780. The predicted molar refractivity (Wildman–Crippen MR) is 86.5 cm³/mol. The molecule has 0 unspecified atom stereocenters. The molecule has 0 bridgehead atoms. The average Bonchev–Trinajstić information content (AvgIpc) is 2.25. The van der Waals surface area contributed by atoms with E-state index in [0.29, 0.717) is 6.54 Å². The number of amides is 1. The Labute approximate surface area is 129 Å². The van der Waals surface area contributed by atoms with Gasteiger partial charge in [-0.15, -0.1) is 0 Å². The lowest BCUT2D eigenvalue weighted by Gasteiger charge is -2.19. The smallest absolute Gasteiger partial charge is 0.407 e. The van der Waals surface area contributed by atoms with Gasteiger partial charge in [0.1, 0.15) is 5.60 Å². The highest BCUT2D eigenvalue weighted by Gasteiger charge is 2.15. The first-order chi connectivity index (χ1) is 8.80. The molecule has 0 aliphatic heterocycles. The lowest BCUT2D eigenvalue weighted by atomic mass is 10.1. The van der Waals surface area contributed by atoms with Crippen LogP contribution in [0.1, 0.15) is 38.8 Å². The summed E-state index contributed by atoms with van der Waals surface area (Å²) in [5, 5.41) is 2.78. The van der Waals surface area contributed by atoms with Crippen molar-refractivity contribution < 1.29 is 9.53 Å². The Kier molecular flexibility index (Phi) is 6.10. The third kappa shape index (κ3) is 6.80. The molecule has 4 heteroatoms. The minimum absolute atomic E-state index is 0.353. The molecule has 1 aromatic carbocycles. The zero-order valence-corrected chi connectivity index (χ0v) is 14.2. The third-order valence-electron chi connectivity index (χ3n) is 2.51. The molecular weight excluding hydrogens is 353 g/mol. The van der Waals surface area contributed by atoms with Crippen molar-refractivity contribution in [2.45, 2.75) is 46.1 Å². The number of aryl methyl sites for hydroxylation is 1. The Morgan fingerprint density at radius 3 is 2.47 bits per heavy atom. The molecule has 0 aliphatic carbocycles. The van der Waals surface area contributed by atoms with E-state index in [1.807, 2.05) is 20.8 Å². The minimum Gasteiger partial charge on any atom is -0.444 e. The lowest BCUT2D eigenvalue weighted by Crippen LogP contribution is -2.33. The summed E-state index contributed by atoms with van der Waals surface area (Å²) in [6, 6.07) is 6.53. The fourth-order valence-corrected chi connectivity index (χ4v) is 2.49. The summed E-state index contributed by atoms with van der Waals surface area (Å²) in [6.07, 6.45) is 1.50. The van der Waals surface area contributed by atoms with Crippen LogP contribution in [0.3, 0.4) is 0 Å². The van der Waals surface area contributed by atoms with Crippen molar-refractivity contribution in [3.63, 3.8) is 0 Å². The number of nitrogens with one attached hydrogen (secondary N) is 1. The van der Waals surface area contributed by atoms with Gasteiger partial charge in [-0.05, 0) is 79.5 Å². The van der Waals surface area contributed by atoms with Crippen LogP contribution in [0.2, 0.25) is 0 Å². The highest BCUT2D eigenvalue weighted by molar-refractivity contribution is 14.1. The van der Waals surface area contributed by atoms with E-state index in [9.17, 15) is 4.79 Å². The average molecular weight is 375 g/mol. The minimum atomic E-state index is -0.443. The van der Waals surface area contributed by atoms with Crippen LogP contribution in [0.15, 0.2) is 18.2 Å². The number of carbonyl (C=O) groups excluding carboxylic acids is 1. The van der Waals surface area contributed by atoms with Gasteiger partial charge in [-0.1, -0.05) is 13.0 Å². The molecule has 0 heterocycles. The Bertz CT molecular complexity index is 438. The number of carbonyl (C=O) groups is 1. The monoisotopic (exact) mass is 375 g/mol. The van der Waals surface area contributed by atoms with Crippen LogP contribution in [-0.2, 0) is 17.6 Å². The topological polar surface area (TPSA) is 38.3 Å². The first-order valence-corrected chi connectivity index (χ1v) is 7.63. The molecule has 0 aromatic heterocycles. The maximum atomic E-state index is 11.5. The summed E-state index contributed by atoms with van der Waals surface area (Å²) in [7, 11) is 0. The molecule has 0 atom stereocenters. The summed E-state index contributed by atoms with van der Waals surface area (Å²) in [6.45, 7) is 8.32. The van der Waals surface area contributed by atoms with Gasteiger partial charge in [0.05, 0.1) is 0 Å². The Morgan fingerprint density at radius 1 is 1.26 bits per heavy atom. The van der Waals surface area contributed by atoms with Gasteiger partial charge in [-0.2, -0.15) is 0 Å². The van der Waals surface area contributed by atoms with E-state index in [-0.39, 0.29) is 6.09 Å². The van der Waals surface area contributed by atoms with Gasteiger partial charge in [0.15, 0.2) is 0 Å². The second-order valence-electron chi connectivity index (χ2n) is 5.50. The van der Waals surface area contributed by atoms with Gasteiger partial charge in [0.25, 0.3) is 0 Å². The number of ether oxygens (including phenoxy) is 1. The van der Waals surface area contributed by atoms with Crippen molar-refractivity contribution in [1.82, 2.24) is 5.32 Å². The summed E-state index contributed by atoms with van der Waals surface area (Å²) in [5.41, 5.74) is 2.14. The van der Waals surface area contributed by atoms with E-state index in [1.54, 1.807) is 0 Å². The number of halogens is 1. The van der Waals surface area contributed by atoms with Crippen LogP contribution in [0.5, 0.6) is 0 Å². The van der Waals surface area contributed by atoms with Crippen molar-refractivity contribution in [3.05, 3.63) is 32.9 Å². The largest absolute Gasteiger partial charge is 0.444 e. The van der Waals surface area contributed by atoms with Gasteiger partial charge in [-0.25, -0.2) is 4.79 Å². The van der Waals surface area contributed by atoms with E-state index in [4.69, 9.17) is 4.74 Å². The molecule has 1 amide bonds. The van der Waals surface area contributed by atoms with Gasteiger partial charge < -0.3 is 10.1 Å². The van der Waals surface area contributed by atoms with Gasteiger partial charge in [0.2, 0.25) is 0 Å². The number of hydrogen-bond acceptors (Lipinski definition) is 2. The second kappa shape index (κ2) is 7.12. The van der Waals surface area contributed by atoms with Crippen molar-refractivity contribution in [1.29, 1.82) is 0 Å². The first kappa shape index (κ1) is 16.3. The van der Waals surface area contributed by atoms with E-state index in [1.165, 1.54) is 14.7 Å². The maximum absolute atomic E-state index is 11.5. The van der Waals surface area contributed by atoms with Crippen LogP contribution in [0, 0.1) is 3.57 Å². The quantitative estimate of drug-likeness (QED) is 0.811. The van der Waals surface area contributed by atoms with Crippen LogP contribution in [-0.4, -0.2) is 18.2 Å². The highest BCUT2D eigenvalue weighted by atomic mass is 127. The molecule has 19 heavy (non-hydrogen) atoms. The standard InChI is InChI=1S/C15H22INO2/c1-5-11-8-12(10-13(16)9-11)6-7-17-14(18)19-15(2,3)4/h8-10H,5-7H2,1-4H3,(H,17,18). The Balaban J connectivity index is 2.45. The number of benzene rings is 1. The van der Waals surface area contributed by atoms with Crippen LogP contribution < -0.4 is 5.32 Å². The van der Waals surface area contributed by atoms with E-state index >= 15 is 0 Å². The molecule has 1 rings (SSSR count). The van der Waals surface area contributed by atoms with Crippen molar-refractivity contribution in [3.8, 4) is 0 Å². The van der Waals surface area contributed by atoms with Gasteiger partial charge >= 0.3 is 6.09 Å². The molecule has 106 valence electrons. The van der Waals surface area contributed by atoms with E-state index < -0.39 is 5.60 Å². The number of alkyl carbamates (subject to hydrolysis) is 1. The molecule has 1 aromatic rings. The fraction of sp³-hybridized carbons (Fsp3) is 0.533. The lowest BCUT2D eigenvalue weighted by molar-refractivity contribution is 0.0528. The van der Waals surface area contributed by atoms with Crippen molar-refractivity contribution in [2.75, 3.05) is 6.54 Å². The normalized spacial score (nSPS) is 11.2. The van der Waals surface area contributed by atoms with Crippen LogP contribution >= 0.6 is 22.6 Å². The zero-order valence-electron chi connectivity index (χ0n) is 12.0. The maximum Gasteiger partial charge on any atom is 0.407 e.